The zero-order chi connectivity index (χ0) is 17.9. The molecule has 0 atom stereocenters. The van der Waals surface area contributed by atoms with Gasteiger partial charge in [-0.25, -0.2) is 5.43 Å². The molecule has 0 saturated carbocycles. The van der Waals surface area contributed by atoms with Gasteiger partial charge in [-0.05, 0) is 33.7 Å². The van der Waals surface area contributed by atoms with E-state index in [1.807, 2.05) is 66.7 Å². The molecule has 4 heteroatoms. The first-order chi connectivity index (χ1) is 12.7. The van der Waals surface area contributed by atoms with E-state index in [4.69, 9.17) is 0 Å². The number of aromatic hydroxyl groups is 1. The van der Waals surface area contributed by atoms with Crippen molar-refractivity contribution >= 4 is 33.7 Å². The number of rotatable bonds is 3. The molecule has 0 unspecified atom stereocenters. The van der Waals surface area contributed by atoms with E-state index in [9.17, 15) is 9.90 Å². The van der Waals surface area contributed by atoms with Gasteiger partial charge in [0.15, 0.2) is 0 Å². The minimum Gasteiger partial charge on any atom is -0.507 e. The smallest absolute Gasteiger partial charge is 0.271 e. The molecule has 0 fully saturated rings. The summed E-state index contributed by atoms with van der Waals surface area (Å²) >= 11 is 0. The number of phenolic OH excluding ortho intramolecular Hbond substituents is 1. The van der Waals surface area contributed by atoms with E-state index in [1.165, 1.54) is 6.21 Å². The zero-order valence-corrected chi connectivity index (χ0v) is 13.9. The standard InChI is InChI=1S/C22H16N2O2/c25-21-13-12-16-7-2-4-10-18(16)20(21)14-23-24-22(26)19-11-5-8-15-6-1-3-9-17(15)19/h1-14,25H,(H,24,26)/b23-14-. The van der Waals surface area contributed by atoms with Crippen LogP contribution in [-0.2, 0) is 0 Å². The summed E-state index contributed by atoms with van der Waals surface area (Å²) in [7, 11) is 0. The first-order valence-electron chi connectivity index (χ1n) is 8.26. The van der Waals surface area contributed by atoms with Crippen LogP contribution in [0.15, 0.2) is 84.0 Å². The van der Waals surface area contributed by atoms with Crippen LogP contribution in [0, 0.1) is 0 Å². The fourth-order valence-electron chi connectivity index (χ4n) is 3.06. The van der Waals surface area contributed by atoms with E-state index >= 15 is 0 Å². The minimum absolute atomic E-state index is 0.117. The van der Waals surface area contributed by atoms with Gasteiger partial charge in [0, 0.05) is 11.1 Å². The van der Waals surface area contributed by atoms with Crippen molar-refractivity contribution in [1.29, 1.82) is 0 Å². The lowest BCUT2D eigenvalue weighted by molar-refractivity contribution is 0.0957. The molecule has 0 spiro atoms. The molecule has 26 heavy (non-hydrogen) atoms. The van der Waals surface area contributed by atoms with Crippen LogP contribution in [0.3, 0.4) is 0 Å². The Bertz CT molecular complexity index is 1140. The second kappa shape index (κ2) is 6.69. The number of hydrogen-bond donors (Lipinski definition) is 2. The van der Waals surface area contributed by atoms with Crippen LogP contribution in [0.25, 0.3) is 21.5 Å². The zero-order valence-electron chi connectivity index (χ0n) is 13.9. The number of hydrogen-bond acceptors (Lipinski definition) is 3. The van der Waals surface area contributed by atoms with E-state index in [2.05, 4.69) is 10.5 Å². The first kappa shape index (κ1) is 15.8. The second-order valence-electron chi connectivity index (χ2n) is 5.95. The molecule has 0 aliphatic heterocycles. The van der Waals surface area contributed by atoms with Gasteiger partial charge in [0.2, 0.25) is 0 Å². The van der Waals surface area contributed by atoms with E-state index in [0.717, 1.165) is 21.5 Å². The Morgan fingerprint density at radius 2 is 1.46 bits per heavy atom. The summed E-state index contributed by atoms with van der Waals surface area (Å²) in [6.45, 7) is 0. The molecule has 0 heterocycles. The number of amides is 1. The van der Waals surface area contributed by atoms with Crippen molar-refractivity contribution < 1.29 is 9.90 Å². The Morgan fingerprint density at radius 3 is 2.27 bits per heavy atom. The topological polar surface area (TPSA) is 61.7 Å². The summed E-state index contributed by atoms with van der Waals surface area (Å²) in [6.07, 6.45) is 1.47. The first-order valence-corrected chi connectivity index (χ1v) is 8.26. The lowest BCUT2D eigenvalue weighted by Gasteiger charge is -2.06. The van der Waals surface area contributed by atoms with Crippen molar-refractivity contribution in [2.24, 2.45) is 5.10 Å². The number of carbonyl (C=O) groups excluding carboxylic acids is 1. The van der Waals surface area contributed by atoms with Gasteiger partial charge in [-0.2, -0.15) is 5.10 Å². The average Bonchev–Trinajstić information content (AvgIpc) is 2.69. The number of phenols is 1. The van der Waals surface area contributed by atoms with Crippen LogP contribution in [0.2, 0.25) is 0 Å². The van der Waals surface area contributed by atoms with Gasteiger partial charge in [0.05, 0.1) is 6.21 Å². The Kier molecular flexibility index (Phi) is 4.07. The molecule has 4 nitrogen and oxygen atoms in total. The van der Waals surface area contributed by atoms with E-state index < -0.39 is 0 Å². The lowest BCUT2D eigenvalue weighted by atomic mass is 10.0. The molecule has 1 amide bonds. The van der Waals surface area contributed by atoms with Gasteiger partial charge >= 0.3 is 0 Å². The maximum absolute atomic E-state index is 12.5. The normalized spacial score (nSPS) is 11.2. The van der Waals surface area contributed by atoms with Crippen LogP contribution in [-0.4, -0.2) is 17.2 Å². The van der Waals surface area contributed by atoms with Crippen LogP contribution in [0.1, 0.15) is 15.9 Å². The monoisotopic (exact) mass is 340 g/mol. The van der Waals surface area contributed by atoms with E-state index in [-0.39, 0.29) is 11.7 Å². The fraction of sp³-hybridized carbons (Fsp3) is 0. The maximum atomic E-state index is 12.5. The van der Waals surface area contributed by atoms with Crippen molar-refractivity contribution in [1.82, 2.24) is 5.43 Å². The van der Waals surface area contributed by atoms with Crippen LogP contribution in [0.4, 0.5) is 0 Å². The van der Waals surface area contributed by atoms with Crippen molar-refractivity contribution in [3.05, 3.63) is 90.0 Å². The van der Waals surface area contributed by atoms with Gasteiger partial charge in [0.1, 0.15) is 5.75 Å². The molecular formula is C22H16N2O2. The third-order valence-corrected chi connectivity index (χ3v) is 4.34. The number of nitrogens with zero attached hydrogens (tertiary/aromatic N) is 1. The number of fused-ring (bicyclic) bond motifs is 2. The molecule has 0 saturated heterocycles. The highest BCUT2D eigenvalue weighted by Crippen LogP contribution is 2.25. The third kappa shape index (κ3) is 2.89. The van der Waals surface area contributed by atoms with Crippen molar-refractivity contribution in [2.45, 2.75) is 0 Å². The summed E-state index contributed by atoms with van der Waals surface area (Å²) < 4.78 is 0. The van der Waals surface area contributed by atoms with Gasteiger partial charge in [-0.15, -0.1) is 0 Å². The second-order valence-corrected chi connectivity index (χ2v) is 5.95. The van der Waals surface area contributed by atoms with Crippen molar-refractivity contribution in [2.75, 3.05) is 0 Å². The highest BCUT2D eigenvalue weighted by Gasteiger charge is 2.09. The van der Waals surface area contributed by atoms with E-state index in [1.54, 1.807) is 12.1 Å². The third-order valence-electron chi connectivity index (χ3n) is 4.34. The summed E-state index contributed by atoms with van der Waals surface area (Å²) in [5, 5.41) is 17.9. The molecule has 0 aliphatic rings. The molecular weight excluding hydrogens is 324 g/mol. The number of carbonyl (C=O) groups is 1. The molecule has 126 valence electrons. The van der Waals surface area contributed by atoms with Crippen molar-refractivity contribution in [3.8, 4) is 5.75 Å². The fourth-order valence-corrected chi connectivity index (χ4v) is 3.06. The van der Waals surface area contributed by atoms with Gasteiger partial charge in [-0.1, -0.05) is 66.7 Å². The van der Waals surface area contributed by atoms with Crippen LogP contribution < -0.4 is 5.43 Å². The summed E-state index contributed by atoms with van der Waals surface area (Å²) in [4.78, 5) is 12.5. The summed E-state index contributed by atoms with van der Waals surface area (Å²) in [6, 6.07) is 24.4. The SMILES string of the molecule is O=C(N/N=C\c1c(O)ccc2ccccc12)c1cccc2ccccc12. The summed E-state index contributed by atoms with van der Waals surface area (Å²) in [5.74, 6) is -0.176. The maximum Gasteiger partial charge on any atom is 0.271 e. The molecule has 2 N–H and O–H groups in total. The average molecular weight is 340 g/mol. The Labute approximate surface area is 150 Å². The molecule has 4 aromatic carbocycles. The van der Waals surface area contributed by atoms with Crippen LogP contribution in [0.5, 0.6) is 5.75 Å². The Balaban J connectivity index is 1.63. The van der Waals surface area contributed by atoms with Gasteiger partial charge < -0.3 is 5.11 Å². The highest BCUT2D eigenvalue weighted by molar-refractivity contribution is 6.07. The predicted molar refractivity (Wildman–Crippen MR) is 105 cm³/mol. The molecule has 4 rings (SSSR count). The molecule has 4 aromatic rings. The summed E-state index contributed by atoms with van der Waals surface area (Å²) in [5.41, 5.74) is 3.68. The number of hydrazone groups is 1. The van der Waals surface area contributed by atoms with E-state index in [0.29, 0.717) is 11.1 Å². The number of nitrogens with one attached hydrogen (secondary N) is 1. The molecule has 0 bridgehead atoms. The molecule has 0 aromatic heterocycles. The quantitative estimate of drug-likeness (QED) is 0.427. The lowest BCUT2D eigenvalue weighted by Crippen LogP contribution is -2.17. The van der Waals surface area contributed by atoms with Crippen molar-refractivity contribution in [3.63, 3.8) is 0 Å². The Hall–Kier alpha value is -3.66. The molecule has 0 radical (unpaired) electrons. The minimum atomic E-state index is -0.294. The Morgan fingerprint density at radius 1 is 0.808 bits per heavy atom. The predicted octanol–water partition coefficient (Wildman–Crippen LogP) is 4.46. The molecule has 0 aliphatic carbocycles. The van der Waals surface area contributed by atoms with Gasteiger partial charge in [0.25, 0.3) is 5.91 Å². The van der Waals surface area contributed by atoms with Crippen LogP contribution >= 0.6 is 0 Å². The number of benzene rings is 4. The highest BCUT2D eigenvalue weighted by atomic mass is 16.3. The largest absolute Gasteiger partial charge is 0.507 e. The van der Waals surface area contributed by atoms with Gasteiger partial charge in [-0.3, -0.25) is 4.79 Å².